The van der Waals surface area contributed by atoms with Crippen LogP contribution in [-0.4, -0.2) is 6.04 Å². The quantitative estimate of drug-likeness (QED) is 0.712. The molecule has 0 heterocycles. The fraction of sp³-hybridized carbons (Fsp3) is 1.00. The van der Waals surface area contributed by atoms with E-state index in [0.29, 0.717) is 6.04 Å². The second kappa shape index (κ2) is 6.42. The summed E-state index contributed by atoms with van der Waals surface area (Å²) in [7, 11) is 0. The van der Waals surface area contributed by atoms with Gasteiger partial charge in [-0.1, -0.05) is 45.4 Å². The molecule has 1 aliphatic rings. The largest absolute Gasteiger partial charge is 0.327 e. The third-order valence-electron chi connectivity index (χ3n) is 3.38. The Morgan fingerprint density at radius 2 is 1.62 bits per heavy atom. The summed E-state index contributed by atoms with van der Waals surface area (Å²) in [5.74, 6) is 0.834. The molecular formula is C12H25N. The molecule has 0 aromatic carbocycles. The van der Waals surface area contributed by atoms with Gasteiger partial charge in [-0.05, 0) is 25.2 Å². The Morgan fingerprint density at radius 3 is 2.15 bits per heavy atom. The van der Waals surface area contributed by atoms with Crippen molar-refractivity contribution >= 4 is 0 Å². The molecule has 0 aliphatic heterocycles. The van der Waals surface area contributed by atoms with Crippen molar-refractivity contribution in [2.24, 2.45) is 11.7 Å². The van der Waals surface area contributed by atoms with E-state index in [1.165, 1.54) is 57.8 Å². The molecule has 1 fully saturated rings. The summed E-state index contributed by atoms with van der Waals surface area (Å²) in [5.41, 5.74) is 6.18. The zero-order valence-electron chi connectivity index (χ0n) is 9.10. The van der Waals surface area contributed by atoms with Crippen molar-refractivity contribution in [1.29, 1.82) is 0 Å². The van der Waals surface area contributed by atoms with Crippen LogP contribution < -0.4 is 5.73 Å². The van der Waals surface area contributed by atoms with Gasteiger partial charge in [0, 0.05) is 6.04 Å². The summed E-state index contributed by atoms with van der Waals surface area (Å²) >= 11 is 0. The molecule has 0 aromatic heterocycles. The van der Waals surface area contributed by atoms with E-state index < -0.39 is 0 Å². The standard InChI is InChI=1S/C12H25N/c1-2-8-12(13)11-9-6-4-3-5-7-10-11/h11-12H,2-10,13H2,1H3/t12-/m0/s1. The van der Waals surface area contributed by atoms with Crippen LogP contribution in [0.1, 0.15) is 64.7 Å². The Kier molecular flexibility index (Phi) is 5.45. The van der Waals surface area contributed by atoms with E-state index in [-0.39, 0.29) is 0 Å². The minimum absolute atomic E-state index is 0.489. The summed E-state index contributed by atoms with van der Waals surface area (Å²) in [6.45, 7) is 2.24. The van der Waals surface area contributed by atoms with Crippen molar-refractivity contribution in [3.63, 3.8) is 0 Å². The molecule has 1 atom stereocenters. The van der Waals surface area contributed by atoms with Crippen molar-refractivity contribution in [2.45, 2.75) is 70.8 Å². The highest BCUT2D eigenvalue weighted by Crippen LogP contribution is 2.25. The zero-order valence-corrected chi connectivity index (χ0v) is 9.10. The molecule has 0 amide bonds. The van der Waals surface area contributed by atoms with Crippen LogP contribution in [0, 0.1) is 5.92 Å². The SMILES string of the molecule is CCC[C@H](N)C1CCCCCCC1. The minimum Gasteiger partial charge on any atom is -0.327 e. The fourth-order valence-corrected chi connectivity index (χ4v) is 2.48. The third-order valence-corrected chi connectivity index (χ3v) is 3.38. The Hall–Kier alpha value is -0.0400. The maximum Gasteiger partial charge on any atom is 0.00670 e. The van der Waals surface area contributed by atoms with Crippen molar-refractivity contribution < 1.29 is 0 Å². The molecule has 1 heteroatoms. The van der Waals surface area contributed by atoms with Gasteiger partial charge in [-0.3, -0.25) is 0 Å². The van der Waals surface area contributed by atoms with Crippen LogP contribution in [-0.2, 0) is 0 Å². The maximum absolute atomic E-state index is 6.18. The topological polar surface area (TPSA) is 26.0 Å². The van der Waals surface area contributed by atoms with Gasteiger partial charge >= 0.3 is 0 Å². The molecule has 0 bridgehead atoms. The molecule has 78 valence electrons. The normalized spacial score (nSPS) is 23.5. The van der Waals surface area contributed by atoms with E-state index in [1.54, 1.807) is 0 Å². The molecule has 1 saturated carbocycles. The van der Waals surface area contributed by atoms with Crippen molar-refractivity contribution in [1.82, 2.24) is 0 Å². The monoisotopic (exact) mass is 183 g/mol. The summed E-state index contributed by atoms with van der Waals surface area (Å²) in [6, 6.07) is 0.489. The summed E-state index contributed by atoms with van der Waals surface area (Å²) in [4.78, 5) is 0. The van der Waals surface area contributed by atoms with Gasteiger partial charge in [-0.15, -0.1) is 0 Å². The van der Waals surface area contributed by atoms with Gasteiger partial charge in [0.05, 0.1) is 0 Å². The number of nitrogens with two attached hydrogens (primary N) is 1. The molecule has 1 rings (SSSR count). The average molecular weight is 183 g/mol. The lowest BCUT2D eigenvalue weighted by Gasteiger charge is -2.25. The van der Waals surface area contributed by atoms with E-state index in [4.69, 9.17) is 5.73 Å². The van der Waals surface area contributed by atoms with Crippen molar-refractivity contribution in [2.75, 3.05) is 0 Å². The molecule has 1 aliphatic carbocycles. The van der Waals surface area contributed by atoms with Crippen molar-refractivity contribution in [3.8, 4) is 0 Å². The van der Waals surface area contributed by atoms with Gasteiger partial charge in [0.15, 0.2) is 0 Å². The molecule has 2 N–H and O–H groups in total. The third kappa shape index (κ3) is 4.12. The molecule has 0 radical (unpaired) electrons. The van der Waals surface area contributed by atoms with E-state index in [1.807, 2.05) is 0 Å². The van der Waals surface area contributed by atoms with E-state index in [2.05, 4.69) is 6.92 Å². The molecule has 13 heavy (non-hydrogen) atoms. The minimum atomic E-state index is 0.489. The molecular weight excluding hydrogens is 158 g/mol. The highest BCUT2D eigenvalue weighted by atomic mass is 14.6. The maximum atomic E-state index is 6.18. The molecule has 0 unspecified atom stereocenters. The molecule has 0 saturated heterocycles. The van der Waals surface area contributed by atoms with E-state index in [9.17, 15) is 0 Å². The zero-order chi connectivity index (χ0) is 9.52. The van der Waals surface area contributed by atoms with Crippen LogP contribution in [0.3, 0.4) is 0 Å². The van der Waals surface area contributed by atoms with Gasteiger partial charge < -0.3 is 5.73 Å². The molecule has 1 nitrogen and oxygen atoms in total. The predicted molar refractivity (Wildman–Crippen MR) is 58.7 cm³/mol. The second-order valence-electron chi connectivity index (χ2n) is 4.56. The Morgan fingerprint density at radius 1 is 1.08 bits per heavy atom. The smallest absolute Gasteiger partial charge is 0.00670 e. The van der Waals surface area contributed by atoms with Crippen LogP contribution in [0.15, 0.2) is 0 Å². The first-order valence-corrected chi connectivity index (χ1v) is 6.10. The average Bonchev–Trinajstić information content (AvgIpc) is 2.03. The number of hydrogen-bond donors (Lipinski definition) is 1. The van der Waals surface area contributed by atoms with Crippen LogP contribution in [0.5, 0.6) is 0 Å². The number of hydrogen-bond acceptors (Lipinski definition) is 1. The Labute approximate surface area is 83.1 Å². The predicted octanol–water partition coefficient (Wildman–Crippen LogP) is 3.47. The van der Waals surface area contributed by atoms with E-state index >= 15 is 0 Å². The van der Waals surface area contributed by atoms with Crippen molar-refractivity contribution in [3.05, 3.63) is 0 Å². The summed E-state index contributed by atoms with van der Waals surface area (Å²) in [6.07, 6.45) is 12.4. The Balaban J connectivity index is 2.27. The molecule has 0 spiro atoms. The fourth-order valence-electron chi connectivity index (χ4n) is 2.48. The first-order valence-electron chi connectivity index (χ1n) is 6.10. The van der Waals surface area contributed by atoms with Gasteiger partial charge in [-0.25, -0.2) is 0 Å². The van der Waals surface area contributed by atoms with Crippen LogP contribution in [0.4, 0.5) is 0 Å². The lowest BCUT2D eigenvalue weighted by molar-refractivity contribution is 0.312. The first kappa shape index (κ1) is 11.0. The number of rotatable bonds is 3. The summed E-state index contributed by atoms with van der Waals surface area (Å²) < 4.78 is 0. The van der Waals surface area contributed by atoms with Gasteiger partial charge in [0.2, 0.25) is 0 Å². The van der Waals surface area contributed by atoms with Crippen LogP contribution >= 0.6 is 0 Å². The lowest BCUT2D eigenvalue weighted by atomic mass is 9.84. The Bertz CT molecular complexity index is 114. The molecule has 0 aromatic rings. The van der Waals surface area contributed by atoms with Gasteiger partial charge in [0.1, 0.15) is 0 Å². The van der Waals surface area contributed by atoms with Gasteiger partial charge in [0.25, 0.3) is 0 Å². The highest BCUT2D eigenvalue weighted by molar-refractivity contribution is 4.74. The van der Waals surface area contributed by atoms with Crippen LogP contribution in [0.25, 0.3) is 0 Å². The highest BCUT2D eigenvalue weighted by Gasteiger charge is 2.17. The lowest BCUT2D eigenvalue weighted by Crippen LogP contribution is -2.30. The van der Waals surface area contributed by atoms with Gasteiger partial charge in [-0.2, -0.15) is 0 Å². The van der Waals surface area contributed by atoms with Crippen LogP contribution in [0.2, 0.25) is 0 Å². The summed E-state index contributed by atoms with van der Waals surface area (Å²) in [5, 5.41) is 0. The van der Waals surface area contributed by atoms with E-state index in [0.717, 1.165) is 5.92 Å². The first-order chi connectivity index (χ1) is 6.34. The second-order valence-corrected chi connectivity index (χ2v) is 4.56.